The van der Waals surface area contributed by atoms with Gasteiger partial charge in [-0.2, -0.15) is 13.2 Å². The highest BCUT2D eigenvalue weighted by atomic mass is 19.4. The van der Waals surface area contributed by atoms with Crippen molar-refractivity contribution >= 4 is 10.9 Å². The predicted molar refractivity (Wildman–Crippen MR) is 72.5 cm³/mol. The van der Waals surface area contributed by atoms with Gasteiger partial charge in [0.15, 0.2) is 0 Å². The summed E-state index contributed by atoms with van der Waals surface area (Å²) in [6, 6.07) is 13.3. The van der Waals surface area contributed by atoms with Crippen LogP contribution in [0.3, 0.4) is 0 Å². The number of rotatable bonds is 2. The number of benzene rings is 2. The number of H-pyrrole nitrogens is 1. The van der Waals surface area contributed by atoms with Crippen LogP contribution >= 0.6 is 0 Å². The first-order valence-corrected chi connectivity index (χ1v) is 6.25. The maximum absolute atomic E-state index is 12.9. The van der Waals surface area contributed by atoms with Crippen molar-refractivity contribution in [3.8, 4) is 0 Å². The summed E-state index contributed by atoms with van der Waals surface area (Å²) in [5.74, 6) is 0. The van der Waals surface area contributed by atoms with Gasteiger partial charge in [-0.25, -0.2) is 0 Å². The fourth-order valence-electron chi connectivity index (χ4n) is 2.38. The fraction of sp³-hybridized carbons (Fsp3) is 0.125. The average molecular weight is 275 g/mol. The average Bonchev–Trinajstić information content (AvgIpc) is 2.85. The molecule has 2 aromatic carbocycles. The van der Waals surface area contributed by atoms with E-state index in [2.05, 4.69) is 4.98 Å². The molecule has 0 saturated heterocycles. The Kier molecular flexibility index (Phi) is 3.01. The molecule has 0 amide bonds. The van der Waals surface area contributed by atoms with E-state index in [-0.39, 0.29) is 6.42 Å². The molecule has 0 aliphatic heterocycles. The minimum atomic E-state index is -4.31. The zero-order valence-electron chi connectivity index (χ0n) is 10.5. The van der Waals surface area contributed by atoms with E-state index >= 15 is 0 Å². The van der Waals surface area contributed by atoms with Gasteiger partial charge in [-0.05, 0) is 41.1 Å². The lowest BCUT2D eigenvalue weighted by Crippen LogP contribution is -2.09. The highest BCUT2D eigenvalue weighted by molar-refractivity contribution is 5.79. The molecule has 1 N–H and O–H groups in total. The Hall–Kier alpha value is -2.23. The molecule has 102 valence electrons. The van der Waals surface area contributed by atoms with Gasteiger partial charge in [0.1, 0.15) is 0 Å². The van der Waals surface area contributed by atoms with E-state index in [1.807, 2.05) is 30.5 Å². The minimum Gasteiger partial charge on any atom is -0.361 e. The number of nitrogens with one attached hydrogen (secondary N) is 1. The van der Waals surface area contributed by atoms with Crippen molar-refractivity contribution in [2.24, 2.45) is 0 Å². The number of hydrogen-bond acceptors (Lipinski definition) is 0. The molecule has 0 aliphatic carbocycles. The fourth-order valence-corrected chi connectivity index (χ4v) is 2.38. The molecular formula is C16H12F3N. The van der Waals surface area contributed by atoms with Crippen molar-refractivity contribution in [2.45, 2.75) is 12.6 Å². The van der Waals surface area contributed by atoms with E-state index < -0.39 is 11.7 Å². The summed E-state index contributed by atoms with van der Waals surface area (Å²) >= 11 is 0. The Bertz CT molecular complexity index is 741. The van der Waals surface area contributed by atoms with Crippen LogP contribution in [-0.4, -0.2) is 4.98 Å². The van der Waals surface area contributed by atoms with Gasteiger partial charge in [-0.15, -0.1) is 0 Å². The normalized spacial score (nSPS) is 11.9. The Morgan fingerprint density at radius 2 is 1.75 bits per heavy atom. The molecule has 0 bridgehead atoms. The van der Waals surface area contributed by atoms with Crippen LogP contribution in [0.4, 0.5) is 13.2 Å². The number of aromatic amines is 1. The Balaban J connectivity index is 1.98. The quantitative estimate of drug-likeness (QED) is 0.693. The minimum absolute atomic E-state index is 0.268. The number of halogens is 3. The number of fused-ring (bicyclic) bond motifs is 1. The molecule has 0 atom stereocenters. The third-order valence-corrected chi connectivity index (χ3v) is 3.34. The third-order valence-electron chi connectivity index (χ3n) is 3.34. The number of alkyl halides is 3. The van der Waals surface area contributed by atoms with Crippen LogP contribution in [-0.2, 0) is 12.6 Å². The summed E-state index contributed by atoms with van der Waals surface area (Å²) < 4.78 is 38.8. The zero-order chi connectivity index (χ0) is 14.2. The molecule has 0 radical (unpaired) electrons. The van der Waals surface area contributed by atoms with Gasteiger partial charge in [-0.1, -0.05) is 30.3 Å². The molecule has 0 saturated carbocycles. The second kappa shape index (κ2) is 4.71. The molecule has 0 fully saturated rings. The van der Waals surface area contributed by atoms with Crippen LogP contribution in [0.15, 0.2) is 54.7 Å². The molecule has 1 nitrogen and oxygen atoms in total. The lowest BCUT2D eigenvalue weighted by Gasteiger charge is -2.12. The molecule has 1 heterocycles. The van der Waals surface area contributed by atoms with E-state index in [1.165, 1.54) is 12.1 Å². The summed E-state index contributed by atoms with van der Waals surface area (Å²) in [4.78, 5) is 3.07. The van der Waals surface area contributed by atoms with Gasteiger partial charge < -0.3 is 4.98 Å². The van der Waals surface area contributed by atoms with E-state index in [0.717, 1.165) is 22.5 Å². The van der Waals surface area contributed by atoms with Crippen LogP contribution in [0.2, 0.25) is 0 Å². The van der Waals surface area contributed by atoms with E-state index in [9.17, 15) is 13.2 Å². The molecule has 4 heteroatoms. The first-order chi connectivity index (χ1) is 9.54. The molecule has 3 rings (SSSR count). The van der Waals surface area contributed by atoms with Crippen LogP contribution in [0.1, 0.15) is 16.7 Å². The molecule has 0 unspecified atom stereocenters. The maximum Gasteiger partial charge on any atom is 0.416 e. The van der Waals surface area contributed by atoms with Gasteiger partial charge >= 0.3 is 6.18 Å². The first kappa shape index (κ1) is 12.8. The first-order valence-electron chi connectivity index (χ1n) is 6.25. The van der Waals surface area contributed by atoms with Gasteiger partial charge in [0.2, 0.25) is 0 Å². The van der Waals surface area contributed by atoms with E-state index in [4.69, 9.17) is 0 Å². The number of hydrogen-bond donors (Lipinski definition) is 1. The lowest BCUT2D eigenvalue weighted by atomic mass is 9.99. The summed E-state index contributed by atoms with van der Waals surface area (Å²) in [6.45, 7) is 0. The molecular weight excluding hydrogens is 263 g/mol. The summed E-state index contributed by atoms with van der Waals surface area (Å²) in [5.41, 5.74) is 1.53. The molecule has 3 aromatic rings. The van der Waals surface area contributed by atoms with Gasteiger partial charge in [-0.3, -0.25) is 0 Å². The molecule has 0 aliphatic rings. The second-order valence-corrected chi connectivity index (χ2v) is 4.73. The monoisotopic (exact) mass is 275 g/mol. The Morgan fingerprint density at radius 3 is 2.55 bits per heavy atom. The van der Waals surface area contributed by atoms with Crippen molar-refractivity contribution in [1.29, 1.82) is 0 Å². The van der Waals surface area contributed by atoms with Crippen molar-refractivity contribution in [3.63, 3.8) is 0 Å². The van der Waals surface area contributed by atoms with Gasteiger partial charge in [0, 0.05) is 11.7 Å². The summed E-state index contributed by atoms with van der Waals surface area (Å²) in [7, 11) is 0. The Labute approximate surface area is 114 Å². The SMILES string of the molecule is FC(F)(F)c1ccccc1Cc1ccc2cc[nH]c2c1. The van der Waals surface area contributed by atoms with Gasteiger partial charge in [0.25, 0.3) is 0 Å². The largest absolute Gasteiger partial charge is 0.416 e. The highest BCUT2D eigenvalue weighted by Crippen LogP contribution is 2.33. The van der Waals surface area contributed by atoms with Crippen molar-refractivity contribution in [1.82, 2.24) is 4.98 Å². The maximum atomic E-state index is 12.9. The van der Waals surface area contributed by atoms with Crippen LogP contribution in [0.5, 0.6) is 0 Å². The van der Waals surface area contributed by atoms with Crippen molar-refractivity contribution < 1.29 is 13.2 Å². The smallest absolute Gasteiger partial charge is 0.361 e. The summed E-state index contributed by atoms with van der Waals surface area (Å²) in [5, 5.41) is 1.05. The van der Waals surface area contributed by atoms with Crippen molar-refractivity contribution in [2.75, 3.05) is 0 Å². The number of aromatic nitrogens is 1. The van der Waals surface area contributed by atoms with Crippen LogP contribution < -0.4 is 0 Å². The zero-order valence-corrected chi connectivity index (χ0v) is 10.5. The van der Waals surface area contributed by atoms with Crippen LogP contribution in [0.25, 0.3) is 10.9 Å². The molecule has 0 spiro atoms. The Morgan fingerprint density at radius 1 is 0.950 bits per heavy atom. The molecule has 1 aromatic heterocycles. The summed E-state index contributed by atoms with van der Waals surface area (Å²) in [6.07, 6.45) is -2.23. The van der Waals surface area contributed by atoms with E-state index in [1.54, 1.807) is 6.07 Å². The lowest BCUT2D eigenvalue weighted by molar-refractivity contribution is -0.138. The standard InChI is InChI=1S/C16H12F3N/c17-16(18,19)14-4-2-1-3-13(14)9-11-5-6-12-7-8-20-15(12)10-11/h1-8,10,20H,9H2. The topological polar surface area (TPSA) is 15.8 Å². The second-order valence-electron chi connectivity index (χ2n) is 4.73. The van der Waals surface area contributed by atoms with Crippen molar-refractivity contribution in [3.05, 3.63) is 71.4 Å². The molecule has 20 heavy (non-hydrogen) atoms. The van der Waals surface area contributed by atoms with Gasteiger partial charge in [0.05, 0.1) is 5.56 Å². The highest BCUT2D eigenvalue weighted by Gasteiger charge is 2.32. The van der Waals surface area contributed by atoms with E-state index in [0.29, 0.717) is 5.56 Å². The third kappa shape index (κ3) is 2.41. The predicted octanol–water partition coefficient (Wildman–Crippen LogP) is 4.78. The van der Waals surface area contributed by atoms with Crippen LogP contribution in [0, 0.1) is 0 Å².